The lowest BCUT2D eigenvalue weighted by atomic mass is 9.72. The van der Waals surface area contributed by atoms with Crippen molar-refractivity contribution in [2.75, 3.05) is 5.32 Å². The van der Waals surface area contributed by atoms with Gasteiger partial charge in [0.2, 0.25) is 0 Å². The lowest BCUT2D eigenvalue weighted by Gasteiger charge is -2.36. The topological polar surface area (TPSA) is 58.2 Å². The van der Waals surface area contributed by atoms with Crippen LogP contribution in [-0.2, 0) is 9.59 Å². The van der Waals surface area contributed by atoms with Crippen LogP contribution in [0.3, 0.4) is 0 Å². The molecule has 34 heavy (non-hydrogen) atoms. The van der Waals surface area contributed by atoms with Crippen molar-refractivity contribution in [3.8, 4) is 0 Å². The smallest absolute Gasteiger partial charge is 0.254 e. The van der Waals surface area contributed by atoms with Crippen molar-refractivity contribution in [1.29, 1.82) is 0 Å². The summed E-state index contributed by atoms with van der Waals surface area (Å²) in [4.78, 5) is 28.3. The van der Waals surface area contributed by atoms with Gasteiger partial charge in [-0.2, -0.15) is 0 Å². The summed E-state index contributed by atoms with van der Waals surface area (Å²) in [6, 6.07) is 17.8. The number of hydrogen-bond donors (Lipinski definition) is 2. The Morgan fingerprint density at radius 2 is 1.76 bits per heavy atom. The Kier molecular flexibility index (Phi) is 5.92. The highest BCUT2D eigenvalue weighted by molar-refractivity contribution is 7.10. The third-order valence-electron chi connectivity index (χ3n) is 6.53. The predicted molar refractivity (Wildman–Crippen MR) is 133 cm³/mol. The second-order valence-corrected chi connectivity index (χ2v) is 9.88. The van der Waals surface area contributed by atoms with Gasteiger partial charge >= 0.3 is 0 Å². The van der Waals surface area contributed by atoms with Crippen molar-refractivity contribution in [2.24, 2.45) is 0 Å². The van der Waals surface area contributed by atoms with Crippen molar-refractivity contribution < 1.29 is 14.0 Å². The number of hydrogen-bond acceptors (Lipinski definition) is 4. The van der Waals surface area contributed by atoms with Gasteiger partial charge in [0.1, 0.15) is 5.82 Å². The van der Waals surface area contributed by atoms with E-state index in [1.807, 2.05) is 49.6 Å². The van der Waals surface area contributed by atoms with Crippen LogP contribution in [0.2, 0.25) is 0 Å². The Bertz CT molecular complexity index is 1310. The number of aryl methyl sites for hydroxylation is 1. The number of allylic oxidation sites excluding steroid dienone is 3. The van der Waals surface area contributed by atoms with E-state index in [2.05, 4.69) is 16.7 Å². The molecule has 1 aliphatic heterocycles. The van der Waals surface area contributed by atoms with Crippen LogP contribution in [0.5, 0.6) is 0 Å². The third-order valence-corrected chi connectivity index (χ3v) is 7.57. The van der Waals surface area contributed by atoms with Gasteiger partial charge in [-0.15, -0.1) is 11.3 Å². The molecule has 2 aliphatic rings. The summed E-state index contributed by atoms with van der Waals surface area (Å²) in [6.07, 6.45) is 1.16. The molecular formula is C28H25FN2O2S. The molecule has 0 saturated carbocycles. The van der Waals surface area contributed by atoms with E-state index >= 15 is 0 Å². The van der Waals surface area contributed by atoms with E-state index in [0.717, 1.165) is 28.9 Å². The molecule has 2 aromatic carbocycles. The van der Waals surface area contributed by atoms with Gasteiger partial charge in [-0.05, 0) is 61.5 Å². The maximum absolute atomic E-state index is 13.6. The Morgan fingerprint density at radius 3 is 2.44 bits per heavy atom. The normalized spacial score (nSPS) is 20.1. The van der Waals surface area contributed by atoms with Crippen LogP contribution in [0.4, 0.5) is 10.1 Å². The molecule has 0 unspecified atom stereocenters. The minimum Gasteiger partial charge on any atom is -0.362 e. The second-order valence-electron chi connectivity index (χ2n) is 8.90. The van der Waals surface area contributed by atoms with Crippen molar-refractivity contribution in [3.05, 3.63) is 110 Å². The van der Waals surface area contributed by atoms with Crippen molar-refractivity contribution >= 4 is 28.7 Å². The van der Waals surface area contributed by atoms with Crippen LogP contribution in [0, 0.1) is 12.7 Å². The third kappa shape index (κ3) is 4.21. The fraction of sp³-hybridized carbons (Fsp3) is 0.214. The van der Waals surface area contributed by atoms with Gasteiger partial charge in [-0.1, -0.05) is 35.9 Å². The van der Waals surface area contributed by atoms with Crippen LogP contribution >= 0.6 is 11.3 Å². The number of amides is 1. The highest BCUT2D eigenvalue weighted by Crippen LogP contribution is 2.46. The quantitative estimate of drug-likeness (QED) is 0.476. The minimum absolute atomic E-state index is 0.0670. The van der Waals surface area contributed by atoms with Crippen molar-refractivity contribution in [1.82, 2.24) is 5.32 Å². The molecule has 1 aliphatic carbocycles. The molecule has 0 spiro atoms. The number of ketones is 1. The maximum Gasteiger partial charge on any atom is 0.254 e. The Hall–Kier alpha value is -3.51. The number of anilines is 1. The summed E-state index contributed by atoms with van der Waals surface area (Å²) >= 11 is 1.67. The fourth-order valence-corrected chi connectivity index (χ4v) is 5.72. The number of carbonyl (C=O) groups excluding carboxylic acids is 2. The molecule has 1 amide bonds. The van der Waals surface area contributed by atoms with Crippen LogP contribution in [-0.4, -0.2) is 11.7 Å². The number of carbonyl (C=O) groups is 2. The van der Waals surface area contributed by atoms with E-state index in [1.54, 1.807) is 11.3 Å². The van der Waals surface area contributed by atoms with E-state index in [9.17, 15) is 14.0 Å². The largest absolute Gasteiger partial charge is 0.362 e. The first-order chi connectivity index (χ1) is 16.4. The van der Waals surface area contributed by atoms with Crippen molar-refractivity contribution in [3.63, 3.8) is 0 Å². The lowest BCUT2D eigenvalue weighted by molar-refractivity contribution is -0.116. The number of thiophene rings is 1. The first kappa shape index (κ1) is 22.3. The van der Waals surface area contributed by atoms with Gasteiger partial charge in [0, 0.05) is 51.4 Å². The SMILES string of the molecule is CC1=C(C(=O)Nc2ccc(F)cc2)[C@@H](c2ccc(C)cc2)C2=C(C[C@@H](c3cccs3)CC2=O)N1. The molecule has 2 atom stereocenters. The monoisotopic (exact) mass is 472 g/mol. The molecule has 3 aromatic rings. The standard InChI is InChI=1S/C28H25FN2O2S/c1-16-5-7-18(8-6-16)26-25(28(33)31-21-11-9-20(29)10-12-21)17(2)30-22-14-19(15-23(32)27(22)26)24-4-3-13-34-24/h3-13,19,26,30H,14-15H2,1-2H3,(H,31,33)/t19-,26-/m1/s1. The Labute approximate surface area is 202 Å². The van der Waals surface area contributed by atoms with Gasteiger partial charge in [0.25, 0.3) is 5.91 Å². The number of Topliss-reactive ketones (excluding diaryl/α,β-unsaturated/α-hetero) is 1. The first-order valence-corrected chi connectivity index (χ1v) is 12.2. The molecule has 5 rings (SSSR count). The molecule has 0 bridgehead atoms. The van der Waals surface area contributed by atoms with Gasteiger partial charge in [-0.3, -0.25) is 9.59 Å². The summed E-state index contributed by atoms with van der Waals surface area (Å²) in [7, 11) is 0. The molecule has 6 heteroatoms. The van der Waals surface area contributed by atoms with E-state index in [4.69, 9.17) is 0 Å². The molecule has 0 saturated heterocycles. The summed E-state index contributed by atoms with van der Waals surface area (Å²) < 4.78 is 13.3. The zero-order chi connectivity index (χ0) is 23.8. The molecule has 1 aromatic heterocycles. The average molecular weight is 473 g/mol. The lowest BCUT2D eigenvalue weighted by Crippen LogP contribution is -2.37. The molecule has 172 valence electrons. The summed E-state index contributed by atoms with van der Waals surface area (Å²) in [6.45, 7) is 3.89. The van der Waals surface area contributed by atoms with E-state index in [1.165, 1.54) is 29.1 Å². The molecule has 2 heterocycles. The van der Waals surface area contributed by atoms with Crippen LogP contribution in [0.15, 0.2) is 88.6 Å². The first-order valence-electron chi connectivity index (χ1n) is 11.3. The van der Waals surface area contributed by atoms with E-state index in [0.29, 0.717) is 23.3 Å². The predicted octanol–water partition coefficient (Wildman–Crippen LogP) is 6.20. The average Bonchev–Trinajstić information content (AvgIpc) is 3.35. The molecule has 0 fully saturated rings. The number of rotatable bonds is 4. The number of dihydropyridines is 1. The Balaban J connectivity index is 1.55. The number of halogens is 1. The van der Waals surface area contributed by atoms with Gasteiger partial charge in [0.05, 0.1) is 0 Å². The number of benzene rings is 2. The number of nitrogens with one attached hydrogen (secondary N) is 2. The van der Waals surface area contributed by atoms with Gasteiger partial charge in [0.15, 0.2) is 5.78 Å². The van der Waals surface area contributed by atoms with Crippen LogP contribution in [0.25, 0.3) is 0 Å². The van der Waals surface area contributed by atoms with Crippen LogP contribution < -0.4 is 10.6 Å². The second kappa shape index (κ2) is 9.03. The van der Waals surface area contributed by atoms with E-state index < -0.39 is 5.92 Å². The fourth-order valence-electron chi connectivity index (χ4n) is 4.89. The van der Waals surface area contributed by atoms with Gasteiger partial charge < -0.3 is 10.6 Å². The molecule has 2 N–H and O–H groups in total. The Morgan fingerprint density at radius 1 is 1.03 bits per heavy atom. The summed E-state index contributed by atoms with van der Waals surface area (Å²) in [5, 5.41) is 8.32. The van der Waals surface area contributed by atoms with Crippen LogP contribution in [0.1, 0.15) is 47.6 Å². The zero-order valence-electron chi connectivity index (χ0n) is 19.0. The van der Waals surface area contributed by atoms with Gasteiger partial charge in [-0.25, -0.2) is 4.39 Å². The summed E-state index contributed by atoms with van der Waals surface area (Å²) in [5.74, 6) is -0.929. The molecule has 4 nitrogen and oxygen atoms in total. The highest BCUT2D eigenvalue weighted by atomic mass is 32.1. The zero-order valence-corrected chi connectivity index (χ0v) is 19.8. The molecular weight excluding hydrogens is 447 g/mol. The molecule has 0 radical (unpaired) electrons. The highest BCUT2D eigenvalue weighted by Gasteiger charge is 2.41. The minimum atomic E-state index is -0.464. The van der Waals surface area contributed by atoms with Crippen molar-refractivity contribution in [2.45, 2.75) is 38.5 Å². The maximum atomic E-state index is 13.6. The van der Waals surface area contributed by atoms with E-state index in [-0.39, 0.29) is 23.4 Å². The summed E-state index contributed by atoms with van der Waals surface area (Å²) in [5.41, 5.74) is 5.33.